The Morgan fingerprint density at radius 1 is 1.02 bits per heavy atom. The van der Waals surface area contributed by atoms with Crippen LogP contribution in [0.2, 0.25) is 0 Å². The average molecular weight is 573 g/mol. The molecule has 0 spiro atoms. The minimum atomic E-state index is -1.25. The van der Waals surface area contributed by atoms with Crippen molar-refractivity contribution in [1.29, 1.82) is 0 Å². The Labute approximate surface area is 243 Å². The van der Waals surface area contributed by atoms with E-state index in [2.05, 4.69) is 43.0 Å². The molecule has 0 aromatic heterocycles. The second-order valence-corrected chi connectivity index (χ2v) is 12.8. The summed E-state index contributed by atoms with van der Waals surface area (Å²) in [6.45, 7) is 15.3. The fourth-order valence-electron chi connectivity index (χ4n) is 6.60. The molecule has 10 nitrogen and oxygen atoms in total. The van der Waals surface area contributed by atoms with Crippen LogP contribution in [0.15, 0.2) is 25.3 Å². The molecule has 1 saturated heterocycles. The SMILES string of the molecule is C=CCCC(NC(=O)[C@@H]1[C@@H]2[C@H](CN1C(=O)[C@@H](NC(=O)C(O)C(C)C)C1CCCCC1)C2(C)C)C(=O)C(=O)NCC=C. The molecule has 1 heterocycles. The highest BCUT2D eigenvalue weighted by molar-refractivity contribution is 6.38. The molecule has 3 rings (SSSR count). The van der Waals surface area contributed by atoms with Crippen LogP contribution in [0, 0.1) is 29.1 Å². The Bertz CT molecular complexity index is 1030. The first-order valence-corrected chi connectivity index (χ1v) is 15.0. The zero-order chi connectivity index (χ0) is 30.5. The minimum absolute atomic E-state index is 0.0938. The van der Waals surface area contributed by atoms with Gasteiger partial charge < -0.3 is 26.0 Å². The van der Waals surface area contributed by atoms with Gasteiger partial charge in [-0.1, -0.05) is 59.1 Å². The van der Waals surface area contributed by atoms with Crippen molar-refractivity contribution in [3.63, 3.8) is 0 Å². The molecule has 2 unspecified atom stereocenters. The maximum atomic E-state index is 14.2. The lowest BCUT2D eigenvalue weighted by Crippen LogP contribution is -2.60. The van der Waals surface area contributed by atoms with Crippen molar-refractivity contribution in [2.45, 2.75) is 96.9 Å². The molecule has 0 aromatic carbocycles. The van der Waals surface area contributed by atoms with Crippen molar-refractivity contribution >= 4 is 29.4 Å². The van der Waals surface area contributed by atoms with Crippen LogP contribution in [-0.2, 0) is 24.0 Å². The number of nitrogens with one attached hydrogen (secondary N) is 3. The van der Waals surface area contributed by atoms with Crippen molar-refractivity contribution in [3.05, 3.63) is 25.3 Å². The number of rotatable bonds is 14. The van der Waals surface area contributed by atoms with Gasteiger partial charge in [-0.05, 0) is 54.8 Å². The topological polar surface area (TPSA) is 145 Å². The van der Waals surface area contributed by atoms with Crippen LogP contribution in [0.3, 0.4) is 0 Å². The van der Waals surface area contributed by atoms with Crippen LogP contribution in [0.5, 0.6) is 0 Å². The van der Waals surface area contributed by atoms with Crippen LogP contribution in [0.4, 0.5) is 0 Å². The van der Waals surface area contributed by atoms with Crippen molar-refractivity contribution < 1.29 is 29.1 Å². The van der Waals surface area contributed by atoms with Gasteiger partial charge in [0, 0.05) is 13.1 Å². The number of ketones is 1. The Kier molecular flexibility index (Phi) is 10.9. The van der Waals surface area contributed by atoms with Gasteiger partial charge in [0.1, 0.15) is 18.2 Å². The van der Waals surface area contributed by atoms with Crippen molar-refractivity contribution in [2.24, 2.45) is 29.1 Å². The summed E-state index contributed by atoms with van der Waals surface area (Å²) in [6, 6.07) is -2.76. The highest BCUT2D eigenvalue weighted by Crippen LogP contribution is 2.65. The fraction of sp³-hybridized carbons (Fsp3) is 0.710. The molecule has 228 valence electrons. The number of hydrogen-bond acceptors (Lipinski definition) is 6. The van der Waals surface area contributed by atoms with E-state index in [1.165, 1.54) is 6.08 Å². The number of nitrogens with zero attached hydrogens (tertiary/aromatic N) is 1. The smallest absolute Gasteiger partial charge is 0.289 e. The van der Waals surface area contributed by atoms with E-state index in [1.807, 2.05) is 0 Å². The van der Waals surface area contributed by atoms with Gasteiger partial charge in [-0.25, -0.2) is 0 Å². The highest BCUT2D eigenvalue weighted by Gasteiger charge is 2.69. The number of carbonyl (C=O) groups excluding carboxylic acids is 5. The monoisotopic (exact) mass is 572 g/mol. The van der Waals surface area contributed by atoms with E-state index in [9.17, 15) is 29.1 Å². The first-order chi connectivity index (χ1) is 19.4. The quantitative estimate of drug-likeness (QED) is 0.185. The number of amides is 4. The second-order valence-electron chi connectivity index (χ2n) is 12.8. The predicted molar refractivity (Wildman–Crippen MR) is 155 cm³/mol. The third-order valence-electron chi connectivity index (χ3n) is 9.27. The molecule has 2 aliphatic carbocycles. The van der Waals surface area contributed by atoms with Gasteiger partial charge in [0.15, 0.2) is 0 Å². The zero-order valence-corrected chi connectivity index (χ0v) is 25.0. The van der Waals surface area contributed by atoms with Crippen LogP contribution in [0.1, 0.15) is 72.6 Å². The predicted octanol–water partition coefficient (Wildman–Crippen LogP) is 1.87. The lowest BCUT2D eigenvalue weighted by atomic mass is 9.82. The van der Waals surface area contributed by atoms with Gasteiger partial charge in [-0.3, -0.25) is 24.0 Å². The van der Waals surface area contributed by atoms with E-state index < -0.39 is 47.7 Å². The molecule has 0 aromatic rings. The average Bonchev–Trinajstić information content (AvgIpc) is 3.26. The van der Waals surface area contributed by atoms with E-state index in [1.54, 1.807) is 24.8 Å². The number of aliphatic hydroxyl groups excluding tert-OH is 1. The summed E-state index contributed by atoms with van der Waals surface area (Å²) in [7, 11) is 0. The standard InChI is InChI=1S/C31H48N4O6/c1-7-9-15-21(26(37)28(39)32-16-8-2)33-27(38)24-22-20(31(22,5)6)17-35(24)30(41)23(19-13-11-10-12-14-19)34-29(40)25(36)18(3)4/h7-8,18-25,36H,1-2,9-17H2,3-6H3,(H,32,39)(H,33,38)(H,34,40)/t20-,21?,22-,23-,24-,25?/m0/s1. The number of aliphatic hydroxyl groups is 1. The summed E-state index contributed by atoms with van der Waals surface area (Å²) in [6.07, 6.45) is 6.93. The molecule has 4 N–H and O–H groups in total. The first-order valence-electron chi connectivity index (χ1n) is 15.0. The number of carbonyl (C=O) groups is 5. The van der Waals surface area contributed by atoms with Crippen LogP contribution >= 0.6 is 0 Å². The first kappa shape index (κ1) is 32.5. The maximum absolute atomic E-state index is 14.2. The number of fused-ring (bicyclic) bond motifs is 1. The summed E-state index contributed by atoms with van der Waals surface area (Å²) in [5.41, 5.74) is -0.168. The molecule has 1 aliphatic heterocycles. The Hall–Kier alpha value is -3.01. The van der Waals surface area contributed by atoms with Crippen molar-refractivity contribution in [1.82, 2.24) is 20.9 Å². The third kappa shape index (κ3) is 7.26. The molecule has 6 atom stereocenters. The number of likely N-dealkylation sites (tertiary alicyclic amines) is 1. The van der Waals surface area contributed by atoms with E-state index in [4.69, 9.17) is 0 Å². The second kappa shape index (κ2) is 13.8. The molecule has 3 aliphatic rings. The van der Waals surface area contributed by atoms with Crippen LogP contribution < -0.4 is 16.0 Å². The molecular weight excluding hydrogens is 524 g/mol. The molecular formula is C31H48N4O6. The molecule has 0 bridgehead atoms. The number of piperidine rings is 1. The largest absolute Gasteiger partial charge is 0.383 e. The Morgan fingerprint density at radius 2 is 1.68 bits per heavy atom. The summed E-state index contributed by atoms with van der Waals surface area (Å²) >= 11 is 0. The van der Waals surface area contributed by atoms with Gasteiger partial charge in [0.05, 0.1) is 6.04 Å². The Balaban J connectivity index is 1.86. The summed E-state index contributed by atoms with van der Waals surface area (Å²) in [5.74, 6) is -3.40. The number of allylic oxidation sites excluding steroid dienone is 1. The zero-order valence-electron chi connectivity index (χ0n) is 25.0. The minimum Gasteiger partial charge on any atom is -0.383 e. The molecule has 41 heavy (non-hydrogen) atoms. The Morgan fingerprint density at radius 3 is 2.27 bits per heavy atom. The lowest BCUT2D eigenvalue weighted by molar-refractivity contribution is -0.147. The molecule has 10 heteroatoms. The number of hydrogen-bond donors (Lipinski definition) is 4. The van der Waals surface area contributed by atoms with Gasteiger partial charge in [0.2, 0.25) is 23.5 Å². The number of Topliss-reactive ketones (excluding diaryl/α,β-unsaturated/α-hetero) is 1. The van der Waals surface area contributed by atoms with Crippen molar-refractivity contribution in [2.75, 3.05) is 13.1 Å². The van der Waals surface area contributed by atoms with Gasteiger partial charge in [0.25, 0.3) is 5.91 Å². The summed E-state index contributed by atoms with van der Waals surface area (Å²) in [4.78, 5) is 67.9. The molecule has 0 radical (unpaired) electrons. The maximum Gasteiger partial charge on any atom is 0.289 e. The van der Waals surface area contributed by atoms with Crippen LogP contribution in [0.25, 0.3) is 0 Å². The van der Waals surface area contributed by atoms with E-state index in [-0.39, 0.29) is 48.0 Å². The fourth-order valence-corrected chi connectivity index (χ4v) is 6.60. The highest BCUT2D eigenvalue weighted by atomic mass is 16.3. The molecule has 3 fully saturated rings. The summed E-state index contributed by atoms with van der Waals surface area (Å²) < 4.78 is 0. The van der Waals surface area contributed by atoms with E-state index in [0.29, 0.717) is 13.0 Å². The normalized spacial score (nSPS) is 25.3. The molecule has 4 amide bonds. The third-order valence-corrected chi connectivity index (χ3v) is 9.27. The lowest BCUT2D eigenvalue weighted by Gasteiger charge is -2.37. The van der Waals surface area contributed by atoms with Gasteiger partial charge >= 0.3 is 0 Å². The summed E-state index contributed by atoms with van der Waals surface area (Å²) in [5, 5.41) is 18.5. The van der Waals surface area contributed by atoms with Gasteiger partial charge in [-0.2, -0.15) is 0 Å². The van der Waals surface area contributed by atoms with Gasteiger partial charge in [-0.15, -0.1) is 13.2 Å². The van der Waals surface area contributed by atoms with E-state index >= 15 is 0 Å². The molecule has 2 saturated carbocycles. The van der Waals surface area contributed by atoms with Crippen molar-refractivity contribution in [3.8, 4) is 0 Å². The van der Waals surface area contributed by atoms with E-state index in [0.717, 1.165) is 32.1 Å². The van der Waals surface area contributed by atoms with Crippen LogP contribution in [-0.4, -0.2) is 76.7 Å².